The van der Waals surface area contributed by atoms with Crippen LogP contribution >= 0.6 is 0 Å². The lowest BCUT2D eigenvalue weighted by Crippen LogP contribution is -2.13. The molecule has 5 heteroatoms. The average molecular weight is 379 g/mol. The maximum absolute atomic E-state index is 12.6. The highest BCUT2D eigenvalue weighted by Gasteiger charge is 2.20. The van der Waals surface area contributed by atoms with Gasteiger partial charge in [0.1, 0.15) is 11.5 Å². The summed E-state index contributed by atoms with van der Waals surface area (Å²) >= 11 is 0. The van der Waals surface area contributed by atoms with E-state index in [2.05, 4.69) is 13.8 Å². The summed E-state index contributed by atoms with van der Waals surface area (Å²) in [5.41, 5.74) is 0.454. The number of phenolic OH excluding ortho intramolecular Hbond substituents is 2. The minimum atomic E-state index is -0.454. The van der Waals surface area contributed by atoms with E-state index in [1.807, 2.05) is 0 Å². The quantitative estimate of drug-likeness (QED) is 0.260. The summed E-state index contributed by atoms with van der Waals surface area (Å²) in [4.78, 5) is 24.6. The Morgan fingerprint density at radius 2 is 1.52 bits per heavy atom. The molecule has 0 aliphatic carbocycles. The molecule has 0 saturated heterocycles. The number of esters is 1. The maximum atomic E-state index is 12.6. The third-order valence-electron chi connectivity index (χ3n) is 4.57. The van der Waals surface area contributed by atoms with Crippen molar-refractivity contribution < 1.29 is 24.5 Å². The van der Waals surface area contributed by atoms with Gasteiger partial charge in [-0.1, -0.05) is 58.8 Å². The number of phenols is 2. The van der Waals surface area contributed by atoms with E-state index in [1.54, 1.807) is 0 Å². The van der Waals surface area contributed by atoms with Gasteiger partial charge in [0.15, 0.2) is 5.78 Å². The third-order valence-corrected chi connectivity index (χ3v) is 4.57. The summed E-state index contributed by atoms with van der Waals surface area (Å²) in [6.07, 6.45) is 9.39. The molecular weight excluding hydrogens is 344 g/mol. The van der Waals surface area contributed by atoms with Gasteiger partial charge in [0.25, 0.3) is 0 Å². The number of ether oxygens (including phenoxy) is 1. The number of benzene rings is 1. The van der Waals surface area contributed by atoms with Crippen molar-refractivity contribution in [3.8, 4) is 11.5 Å². The van der Waals surface area contributed by atoms with Crippen LogP contribution in [0.25, 0.3) is 0 Å². The number of hydrogen-bond donors (Lipinski definition) is 2. The fourth-order valence-electron chi connectivity index (χ4n) is 3.07. The van der Waals surface area contributed by atoms with Crippen LogP contribution in [0.3, 0.4) is 0 Å². The molecule has 1 rings (SSSR count). The zero-order valence-corrected chi connectivity index (χ0v) is 16.8. The Morgan fingerprint density at radius 3 is 2.22 bits per heavy atom. The molecular formula is C22H34O5. The summed E-state index contributed by atoms with van der Waals surface area (Å²) in [5, 5.41) is 19.9. The van der Waals surface area contributed by atoms with Crippen LogP contribution < -0.4 is 0 Å². The normalized spacial score (nSPS) is 10.7. The summed E-state index contributed by atoms with van der Waals surface area (Å²) in [6.45, 7) is 4.57. The van der Waals surface area contributed by atoms with E-state index >= 15 is 0 Å². The molecule has 5 nitrogen and oxygen atoms in total. The predicted molar refractivity (Wildman–Crippen MR) is 106 cm³/mol. The van der Waals surface area contributed by atoms with Gasteiger partial charge in [-0.2, -0.15) is 0 Å². The van der Waals surface area contributed by atoms with Crippen molar-refractivity contribution in [2.45, 2.75) is 84.5 Å². The van der Waals surface area contributed by atoms with Crippen molar-refractivity contribution in [3.05, 3.63) is 23.3 Å². The number of carbonyl (C=O) groups excluding carboxylic acids is 2. The van der Waals surface area contributed by atoms with Crippen molar-refractivity contribution in [2.24, 2.45) is 0 Å². The summed E-state index contributed by atoms with van der Waals surface area (Å²) in [7, 11) is 0. The highest BCUT2D eigenvalue weighted by molar-refractivity contribution is 6.01. The minimum Gasteiger partial charge on any atom is -0.508 e. The third kappa shape index (κ3) is 8.94. The molecule has 27 heavy (non-hydrogen) atoms. The molecule has 0 saturated carbocycles. The van der Waals surface area contributed by atoms with Crippen molar-refractivity contribution in [1.29, 1.82) is 0 Å². The van der Waals surface area contributed by atoms with Crippen LogP contribution in [0.15, 0.2) is 12.1 Å². The summed E-state index contributed by atoms with van der Waals surface area (Å²) in [6, 6.07) is 2.51. The van der Waals surface area contributed by atoms with Crippen LogP contribution in [0.1, 0.15) is 94.0 Å². The zero-order chi connectivity index (χ0) is 20.1. The lowest BCUT2D eigenvalue weighted by Gasteiger charge is -2.12. The number of rotatable bonds is 14. The van der Waals surface area contributed by atoms with Gasteiger partial charge in [-0.15, -0.1) is 0 Å². The number of aromatic hydroxyl groups is 2. The van der Waals surface area contributed by atoms with Gasteiger partial charge in [0.05, 0.1) is 18.6 Å². The first-order chi connectivity index (χ1) is 13.0. The first-order valence-corrected chi connectivity index (χ1v) is 10.2. The topological polar surface area (TPSA) is 83.8 Å². The first kappa shape index (κ1) is 23.0. The van der Waals surface area contributed by atoms with Crippen molar-refractivity contribution in [1.82, 2.24) is 0 Å². The second-order valence-corrected chi connectivity index (χ2v) is 7.04. The molecule has 0 amide bonds. The molecule has 0 bridgehead atoms. The van der Waals surface area contributed by atoms with Gasteiger partial charge < -0.3 is 14.9 Å². The molecule has 0 fully saturated rings. The molecule has 1 aromatic rings. The molecule has 2 N–H and O–H groups in total. The van der Waals surface area contributed by atoms with Gasteiger partial charge in [0, 0.05) is 12.5 Å². The van der Waals surface area contributed by atoms with E-state index in [9.17, 15) is 19.8 Å². The Hall–Kier alpha value is -2.04. The zero-order valence-electron chi connectivity index (χ0n) is 16.8. The molecule has 0 heterocycles. The Morgan fingerprint density at radius 1 is 0.889 bits per heavy atom. The largest absolute Gasteiger partial charge is 0.508 e. The number of carbonyl (C=O) groups is 2. The Kier molecular flexibility index (Phi) is 11.2. The first-order valence-electron chi connectivity index (χ1n) is 10.2. The van der Waals surface area contributed by atoms with Crippen molar-refractivity contribution >= 4 is 11.8 Å². The van der Waals surface area contributed by atoms with E-state index in [-0.39, 0.29) is 29.3 Å². The second-order valence-electron chi connectivity index (χ2n) is 7.04. The Labute approximate surface area is 162 Å². The molecule has 0 unspecified atom stereocenters. The predicted octanol–water partition coefficient (Wildman–Crippen LogP) is 5.31. The minimum absolute atomic E-state index is 0.131. The van der Waals surface area contributed by atoms with E-state index in [4.69, 9.17) is 4.74 Å². The fourth-order valence-corrected chi connectivity index (χ4v) is 3.07. The average Bonchev–Trinajstić information content (AvgIpc) is 2.61. The number of hydrogen-bond acceptors (Lipinski definition) is 5. The van der Waals surface area contributed by atoms with Gasteiger partial charge in [-0.3, -0.25) is 9.59 Å². The standard InChI is InChI=1S/C22H34O5/c1-3-5-7-8-9-10-12-19(24)22-17(14-18(23)16-20(22)25)15-21(26)27-13-11-6-4-2/h14,16,23,25H,3-13,15H2,1-2H3. The number of unbranched alkanes of at least 4 members (excludes halogenated alkanes) is 7. The van der Waals surface area contributed by atoms with Crippen LogP contribution in [0.4, 0.5) is 0 Å². The smallest absolute Gasteiger partial charge is 0.310 e. The second kappa shape index (κ2) is 13.2. The van der Waals surface area contributed by atoms with Gasteiger partial charge in [-0.05, 0) is 24.5 Å². The highest BCUT2D eigenvalue weighted by Crippen LogP contribution is 2.29. The van der Waals surface area contributed by atoms with Crippen LogP contribution in [0.2, 0.25) is 0 Å². The lowest BCUT2D eigenvalue weighted by atomic mass is 9.96. The van der Waals surface area contributed by atoms with Crippen LogP contribution in [0.5, 0.6) is 11.5 Å². The summed E-state index contributed by atoms with van der Waals surface area (Å²) < 4.78 is 5.19. The summed E-state index contributed by atoms with van der Waals surface area (Å²) in [5.74, 6) is -1.10. The molecule has 0 aromatic heterocycles. The van der Waals surface area contributed by atoms with Crippen molar-refractivity contribution in [2.75, 3.05) is 6.61 Å². The fraction of sp³-hybridized carbons (Fsp3) is 0.636. The van der Waals surface area contributed by atoms with Gasteiger partial charge >= 0.3 is 5.97 Å². The molecule has 0 radical (unpaired) electrons. The van der Waals surface area contributed by atoms with E-state index in [1.165, 1.54) is 25.3 Å². The number of ketones is 1. The van der Waals surface area contributed by atoms with E-state index in [0.29, 0.717) is 18.6 Å². The van der Waals surface area contributed by atoms with Crippen LogP contribution in [-0.2, 0) is 16.0 Å². The van der Waals surface area contributed by atoms with Gasteiger partial charge in [-0.25, -0.2) is 0 Å². The number of Topliss-reactive ketones (excluding diaryl/α,β-unsaturated/α-hetero) is 1. The molecule has 0 atom stereocenters. The van der Waals surface area contributed by atoms with E-state index in [0.717, 1.165) is 44.6 Å². The molecule has 152 valence electrons. The Bertz CT molecular complexity index is 595. The van der Waals surface area contributed by atoms with Crippen molar-refractivity contribution in [3.63, 3.8) is 0 Å². The highest BCUT2D eigenvalue weighted by atomic mass is 16.5. The maximum Gasteiger partial charge on any atom is 0.310 e. The SMILES string of the molecule is CCCCCCCCC(=O)c1c(O)cc(O)cc1CC(=O)OCCCCC. The van der Waals surface area contributed by atoms with Crippen LogP contribution in [-0.4, -0.2) is 28.6 Å². The molecule has 0 aliphatic rings. The molecule has 0 aliphatic heterocycles. The van der Waals surface area contributed by atoms with Gasteiger partial charge in [0.2, 0.25) is 0 Å². The molecule has 1 aromatic carbocycles. The lowest BCUT2D eigenvalue weighted by molar-refractivity contribution is -0.142. The Balaban J connectivity index is 2.67. The van der Waals surface area contributed by atoms with Crippen LogP contribution in [0, 0.1) is 0 Å². The molecule has 0 spiro atoms. The van der Waals surface area contributed by atoms with E-state index < -0.39 is 5.97 Å². The monoisotopic (exact) mass is 378 g/mol.